The first-order chi connectivity index (χ1) is 14.5. The topological polar surface area (TPSA) is 74.7 Å². The van der Waals surface area contributed by atoms with E-state index in [1.807, 2.05) is 49.4 Å². The third-order valence-corrected chi connectivity index (χ3v) is 5.19. The number of Topliss-reactive ketones (excluding diaryl/α,β-unsaturated/α-hetero) is 1. The van der Waals surface area contributed by atoms with Crippen LogP contribution in [0, 0.1) is 6.92 Å². The predicted molar refractivity (Wildman–Crippen MR) is 114 cm³/mol. The lowest BCUT2D eigenvalue weighted by Gasteiger charge is -2.27. The molecule has 5 nitrogen and oxygen atoms in total. The van der Waals surface area contributed by atoms with Crippen LogP contribution >= 0.6 is 0 Å². The SMILES string of the molecule is Cc1ccc(C(=O)C2=C(O)C(=O)N(c3ccc(C=O)cc3)C2c2ccccc2)cc1. The standard InChI is InChI=1S/C25H19NO4/c1-16-7-11-19(12-8-16)23(28)21-22(18-5-3-2-4-6-18)26(25(30)24(21)29)20-13-9-17(15-27)10-14-20/h2-15,22,29H,1H3. The van der Waals surface area contributed by atoms with Gasteiger partial charge in [-0.15, -0.1) is 0 Å². The summed E-state index contributed by atoms with van der Waals surface area (Å²) in [7, 11) is 0. The van der Waals surface area contributed by atoms with Gasteiger partial charge < -0.3 is 5.11 Å². The van der Waals surface area contributed by atoms with Crippen LogP contribution in [0.15, 0.2) is 90.2 Å². The largest absolute Gasteiger partial charge is 0.503 e. The monoisotopic (exact) mass is 397 g/mol. The van der Waals surface area contributed by atoms with E-state index in [0.717, 1.165) is 5.56 Å². The summed E-state index contributed by atoms with van der Waals surface area (Å²) in [6.45, 7) is 1.92. The first kappa shape index (κ1) is 19.3. The Balaban J connectivity index is 1.85. The number of nitrogens with zero attached hydrogens (tertiary/aromatic N) is 1. The minimum Gasteiger partial charge on any atom is -0.503 e. The van der Waals surface area contributed by atoms with Crippen molar-refractivity contribution in [1.82, 2.24) is 0 Å². The summed E-state index contributed by atoms with van der Waals surface area (Å²) in [5, 5.41) is 10.7. The Bertz CT molecular complexity index is 1150. The van der Waals surface area contributed by atoms with E-state index in [4.69, 9.17) is 0 Å². The van der Waals surface area contributed by atoms with Crippen molar-refractivity contribution in [1.29, 1.82) is 0 Å². The van der Waals surface area contributed by atoms with Gasteiger partial charge in [-0.25, -0.2) is 0 Å². The molecule has 1 aliphatic heterocycles. The van der Waals surface area contributed by atoms with Gasteiger partial charge in [-0.3, -0.25) is 19.3 Å². The number of aliphatic hydroxyl groups is 1. The number of benzene rings is 3. The number of carbonyl (C=O) groups is 3. The number of aryl methyl sites for hydroxylation is 1. The fourth-order valence-corrected chi connectivity index (χ4v) is 3.63. The van der Waals surface area contributed by atoms with Crippen LogP contribution in [0.3, 0.4) is 0 Å². The highest BCUT2D eigenvalue weighted by Gasteiger charge is 2.44. The third-order valence-electron chi connectivity index (χ3n) is 5.19. The maximum absolute atomic E-state index is 13.3. The average Bonchev–Trinajstić information content (AvgIpc) is 3.05. The summed E-state index contributed by atoms with van der Waals surface area (Å²) in [6, 6.07) is 21.8. The lowest BCUT2D eigenvalue weighted by molar-refractivity contribution is -0.117. The fourth-order valence-electron chi connectivity index (χ4n) is 3.63. The molecule has 3 aromatic rings. The smallest absolute Gasteiger partial charge is 0.294 e. The van der Waals surface area contributed by atoms with Gasteiger partial charge in [-0.05, 0) is 36.8 Å². The molecule has 1 amide bonds. The molecule has 0 bridgehead atoms. The molecule has 30 heavy (non-hydrogen) atoms. The van der Waals surface area contributed by atoms with E-state index >= 15 is 0 Å². The highest BCUT2D eigenvalue weighted by atomic mass is 16.3. The van der Waals surface area contributed by atoms with Gasteiger partial charge in [-0.1, -0.05) is 60.2 Å². The van der Waals surface area contributed by atoms with Crippen molar-refractivity contribution in [3.05, 3.63) is 112 Å². The predicted octanol–water partition coefficient (Wildman–Crippen LogP) is 4.59. The van der Waals surface area contributed by atoms with Crippen LogP contribution in [0.25, 0.3) is 0 Å². The Hall–Kier alpha value is -3.99. The molecule has 0 spiro atoms. The van der Waals surface area contributed by atoms with Crippen molar-refractivity contribution in [2.24, 2.45) is 0 Å². The Morgan fingerprint density at radius 1 is 0.933 bits per heavy atom. The van der Waals surface area contributed by atoms with Crippen LogP contribution in [0.1, 0.15) is 37.9 Å². The second kappa shape index (κ2) is 7.79. The number of aliphatic hydroxyl groups excluding tert-OH is 1. The van der Waals surface area contributed by atoms with Gasteiger partial charge in [-0.2, -0.15) is 0 Å². The first-order valence-corrected chi connectivity index (χ1v) is 9.49. The van der Waals surface area contributed by atoms with E-state index in [1.54, 1.807) is 36.4 Å². The van der Waals surface area contributed by atoms with Crippen molar-refractivity contribution in [2.45, 2.75) is 13.0 Å². The number of hydrogen-bond donors (Lipinski definition) is 1. The average molecular weight is 397 g/mol. The Morgan fingerprint density at radius 3 is 2.17 bits per heavy atom. The van der Waals surface area contributed by atoms with Gasteiger partial charge in [0.1, 0.15) is 6.29 Å². The van der Waals surface area contributed by atoms with Crippen molar-refractivity contribution < 1.29 is 19.5 Å². The van der Waals surface area contributed by atoms with E-state index < -0.39 is 23.5 Å². The second-order valence-electron chi connectivity index (χ2n) is 7.16. The van der Waals surface area contributed by atoms with Crippen LogP contribution in [-0.2, 0) is 4.79 Å². The summed E-state index contributed by atoms with van der Waals surface area (Å²) in [5.74, 6) is -1.62. The normalized spacial score (nSPS) is 16.1. The molecule has 1 atom stereocenters. The molecule has 0 fully saturated rings. The maximum atomic E-state index is 13.3. The van der Waals surface area contributed by atoms with Crippen LogP contribution in [0.5, 0.6) is 0 Å². The van der Waals surface area contributed by atoms with Crippen LogP contribution in [0.4, 0.5) is 5.69 Å². The van der Waals surface area contributed by atoms with Gasteiger partial charge >= 0.3 is 0 Å². The Kier molecular flexibility index (Phi) is 5.02. The number of ketones is 1. The highest BCUT2D eigenvalue weighted by molar-refractivity contribution is 6.20. The molecule has 0 aliphatic carbocycles. The molecule has 3 aromatic carbocycles. The zero-order valence-electron chi connectivity index (χ0n) is 16.3. The molecule has 0 aromatic heterocycles. The van der Waals surface area contributed by atoms with Gasteiger partial charge in [0.05, 0.1) is 11.6 Å². The maximum Gasteiger partial charge on any atom is 0.294 e. The van der Waals surface area contributed by atoms with Gasteiger partial charge in [0, 0.05) is 16.8 Å². The number of rotatable bonds is 5. The second-order valence-corrected chi connectivity index (χ2v) is 7.16. The van der Waals surface area contributed by atoms with E-state index in [9.17, 15) is 19.5 Å². The zero-order chi connectivity index (χ0) is 21.3. The molecule has 1 heterocycles. The quantitative estimate of drug-likeness (QED) is 0.505. The molecule has 0 radical (unpaired) electrons. The Labute approximate surface area is 173 Å². The molecule has 5 heteroatoms. The van der Waals surface area contributed by atoms with Crippen molar-refractivity contribution >= 4 is 23.7 Å². The summed E-state index contributed by atoms with van der Waals surface area (Å²) in [4.78, 5) is 38.8. The number of anilines is 1. The lowest BCUT2D eigenvalue weighted by atomic mass is 9.92. The molecular weight excluding hydrogens is 378 g/mol. The summed E-state index contributed by atoms with van der Waals surface area (Å²) in [5.41, 5.74) is 3.09. The summed E-state index contributed by atoms with van der Waals surface area (Å²) >= 11 is 0. The molecule has 148 valence electrons. The lowest BCUT2D eigenvalue weighted by Crippen LogP contribution is -2.31. The van der Waals surface area contributed by atoms with Crippen molar-refractivity contribution in [3.8, 4) is 0 Å². The number of hydrogen-bond acceptors (Lipinski definition) is 4. The number of carbonyl (C=O) groups excluding carboxylic acids is 3. The van der Waals surface area contributed by atoms with E-state index in [0.29, 0.717) is 28.7 Å². The van der Waals surface area contributed by atoms with Crippen LogP contribution < -0.4 is 4.90 Å². The fraction of sp³-hybridized carbons (Fsp3) is 0.0800. The Morgan fingerprint density at radius 2 is 1.57 bits per heavy atom. The van der Waals surface area contributed by atoms with E-state index in [-0.39, 0.29) is 5.57 Å². The molecule has 1 unspecified atom stereocenters. The first-order valence-electron chi connectivity index (χ1n) is 9.49. The van der Waals surface area contributed by atoms with E-state index in [1.165, 1.54) is 4.90 Å². The van der Waals surface area contributed by atoms with Gasteiger partial charge in [0.2, 0.25) is 0 Å². The molecule has 0 saturated heterocycles. The molecule has 0 saturated carbocycles. The molecule has 1 aliphatic rings. The zero-order valence-corrected chi connectivity index (χ0v) is 16.3. The summed E-state index contributed by atoms with van der Waals surface area (Å²) < 4.78 is 0. The van der Waals surface area contributed by atoms with E-state index in [2.05, 4.69) is 0 Å². The third kappa shape index (κ3) is 3.31. The number of amides is 1. The minimum atomic E-state index is -0.783. The van der Waals surface area contributed by atoms with Crippen molar-refractivity contribution in [3.63, 3.8) is 0 Å². The molecule has 1 N–H and O–H groups in total. The molecule has 4 rings (SSSR count). The van der Waals surface area contributed by atoms with Crippen LogP contribution in [0.2, 0.25) is 0 Å². The molecular formula is C25H19NO4. The minimum absolute atomic E-state index is 0.0366. The van der Waals surface area contributed by atoms with Gasteiger partial charge in [0.15, 0.2) is 11.5 Å². The summed E-state index contributed by atoms with van der Waals surface area (Å²) in [6.07, 6.45) is 0.715. The number of aldehydes is 1. The highest BCUT2D eigenvalue weighted by Crippen LogP contribution is 2.41. The van der Waals surface area contributed by atoms with Crippen molar-refractivity contribution in [2.75, 3.05) is 4.90 Å². The van der Waals surface area contributed by atoms with Gasteiger partial charge in [0.25, 0.3) is 5.91 Å². The van der Waals surface area contributed by atoms with Crippen LogP contribution in [-0.4, -0.2) is 23.1 Å².